The van der Waals surface area contributed by atoms with E-state index in [4.69, 9.17) is 9.47 Å². The molecule has 4 heteroatoms. The zero-order valence-electron chi connectivity index (χ0n) is 22.4. The number of hydrogen-bond donors (Lipinski definition) is 0. The van der Waals surface area contributed by atoms with Gasteiger partial charge in [0.2, 0.25) is 0 Å². The summed E-state index contributed by atoms with van der Waals surface area (Å²) in [7, 11) is 9.35. The Morgan fingerprint density at radius 3 is 1.12 bits per heavy atom. The van der Waals surface area contributed by atoms with Crippen LogP contribution in [0.3, 0.4) is 0 Å². The fraction of sp³-hybridized carbons (Fsp3) is 1.00. The molecule has 32 heavy (non-hydrogen) atoms. The first-order valence-electron chi connectivity index (χ1n) is 14.2. The fourth-order valence-electron chi connectivity index (χ4n) is 5.71. The molecule has 2 atom stereocenters. The van der Waals surface area contributed by atoms with E-state index in [0.717, 1.165) is 22.2 Å². The highest BCUT2D eigenvalue weighted by atomic mass is 16.5. The average Bonchev–Trinajstić information content (AvgIpc) is 2.72. The Labute approximate surface area is 201 Å². The first-order chi connectivity index (χ1) is 15.4. The van der Waals surface area contributed by atoms with Gasteiger partial charge in [-0.05, 0) is 38.5 Å². The second-order valence-electron chi connectivity index (χ2n) is 12.2. The van der Waals surface area contributed by atoms with Crippen molar-refractivity contribution in [2.45, 2.75) is 115 Å². The van der Waals surface area contributed by atoms with E-state index < -0.39 is 0 Å². The maximum Gasteiger partial charge on any atom is 0.107 e. The summed E-state index contributed by atoms with van der Waals surface area (Å²) in [5.41, 5.74) is 0. The molecule has 190 valence electrons. The molecule has 2 aliphatic heterocycles. The standard InChI is InChI=1S/C28H58N2O2/c1-29(2)21-17-19-27(25-29)31-23-15-13-11-9-7-5-6-8-10-12-14-16-24-32-28-20-18-22-30(3,4)26-28/h27-28H,5-26H2,1-4H3/q+2/t27-,28-/m0/s1. The Bertz CT molecular complexity index is 424. The second-order valence-corrected chi connectivity index (χ2v) is 12.2. The van der Waals surface area contributed by atoms with Crippen molar-refractivity contribution in [2.24, 2.45) is 0 Å². The van der Waals surface area contributed by atoms with Gasteiger partial charge in [-0.2, -0.15) is 0 Å². The summed E-state index contributed by atoms with van der Waals surface area (Å²) in [5, 5.41) is 0. The highest BCUT2D eigenvalue weighted by Gasteiger charge is 2.28. The van der Waals surface area contributed by atoms with Gasteiger partial charge in [0.1, 0.15) is 25.3 Å². The second kappa shape index (κ2) is 15.7. The van der Waals surface area contributed by atoms with E-state index in [0.29, 0.717) is 12.2 Å². The van der Waals surface area contributed by atoms with Crippen LogP contribution in [-0.4, -0.2) is 88.8 Å². The Morgan fingerprint density at radius 1 is 0.500 bits per heavy atom. The van der Waals surface area contributed by atoms with Gasteiger partial charge in [0.25, 0.3) is 0 Å². The van der Waals surface area contributed by atoms with E-state index in [1.807, 2.05) is 0 Å². The van der Waals surface area contributed by atoms with E-state index in [-0.39, 0.29) is 0 Å². The van der Waals surface area contributed by atoms with Gasteiger partial charge in [-0.1, -0.05) is 64.2 Å². The van der Waals surface area contributed by atoms with Gasteiger partial charge in [0.15, 0.2) is 0 Å². The van der Waals surface area contributed by atoms with Gasteiger partial charge in [-0.3, -0.25) is 0 Å². The predicted octanol–water partition coefficient (Wildman–Crippen LogP) is 6.18. The van der Waals surface area contributed by atoms with Crippen LogP contribution in [-0.2, 0) is 9.47 Å². The molecule has 0 amide bonds. The van der Waals surface area contributed by atoms with Crippen LogP contribution in [0.15, 0.2) is 0 Å². The van der Waals surface area contributed by atoms with E-state index >= 15 is 0 Å². The molecular formula is C28H58N2O2+2. The molecule has 0 unspecified atom stereocenters. The number of likely N-dealkylation sites (tertiary alicyclic amines) is 2. The van der Waals surface area contributed by atoms with Gasteiger partial charge >= 0.3 is 0 Å². The van der Waals surface area contributed by atoms with Crippen molar-refractivity contribution in [2.75, 3.05) is 67.6 Å². The summed E-state index contributed by atoms with van der Waals surface area (Å²) in [6.07, 6.45) is 22.8. The zero-order chi connectivity index (χ0) is 23.1. The number of quaternary nitrogens is 2. The van der Waals surface area contributed by atoms with Gasteiger partial charge in [0, 0.05) is 13.2 Å². The van der Waals surface area contributed by atoms with Crippen molar-refractivity contribution in [1.29, 1.82) is 0 Å². The summed E-state index contributed by atoms with van der Waals surface area (Å²) in [5.74, 6) is 0. The minimum absolute atomic E-state index is 0.509. The first kappa shape index (κ1) is 28.1. The monoisotopic (exact) mass is 454 g/mol. The van der Waals surface area contributed by atoms with Crippen molar-refractivity contribution in [3.05, 3.63) is 0 Å². The van der Waals surface area contributed by atoms with Crippen LogP contribution in [0.1, 0.15) is 103 Å². The van der Waals surface area contributed by atoms with Crippen molar-refractivity contribution >= 4 is 0 Å². The largest absolute Gasteiger partial charge is 0.372 e. The molecule has 0 aromatic rings. The molecule has 2 saturated heterocycles. The molecule has 0 spiro atoms. The molecular weight excluding hydrogens is 396 g/mol. The Morgan fingerprint density at radius 2 is 0.812 bits per heavy atom. The number of nitrogens with zero attached hydrogens (tertiary/aromatic N) is 2. The number of likely N-dealkylation sites (N-methyl/N-ethyl adjacent to an activating group) is 2. The Hall–Kier alpha value is -0.160. The lowest BCUT2D eigenvalue weighted by molar-refractivity contribution is -0.898. The molecule has 4 nitrogen and oxygen atoms in total. The summed E-state index contributed by atoms with van der Waals surface area (Å²) < 4.78 is 14.6. The SMILES string of the molecule is C[N+]1(C)CCC[C@H](OCCCCCCCCCCCCCCO[C@H]2CCC[N+](C)(C)C2)C1. The molecule has 0 N–H and O–H groups in total. The highest BCUT2D eigenvalue weighted by molar-refractivity contribution is 4.64. The maximum atomic E-state index is 6.14. The maximum absolute atomic E-state index is 6.14. The van der Waals surface area contributed by atoms with E-state index in [2.05, 4.69) is 28.2 Å². The van der Waals surface area contributed by atoms with E-state index in [9.17, 15) is 0 Å². The van der Waals surface area contributed by atoms with E-state index in [1.54, 1.807) is 0 Å². The van der Waals surface area contributed by atoms with Crippen LogP contribution in [0.2, 0.25) is 0 Å². The number of unbranched alkanes of at least 4 members (excludes halogenated alkanes) is 11. The lowest BCUT2D eigenvalue weighted by Crippen LogP contribution is -2.50. The van der Waals surface area contributed by atoms with Crippen LogP contribution in [0.4, 0.5) is 0 Å². The lowest BCUT2D eigenvalue weighted by Gasteiger charge is -2.37. The molecule has 0 aromatic carbocycles. The summed E-state index contributed by atoms with van der Waals surface area (Å²) >= 11 is 0. The molecule has 0 aromatic heterocycles. The minimum atomic E-state index is 0.509. The third-order valence-electron chi connectivity index (χ3n) is 7.72. The third kappa shape index (κ3) is 13.5. The number of ether oxygens (including phenoxy) is 2. The van der Waals surface area contributed by atoms with Crippen molar-refractivity contribution < 1.29 is 18.4 Å². The summed E-state index contributed by atoms with van der Waals surface area (Å²) in [6, 6.07) is 0. The van der Waals surface area contributed by atoms with Crippen LogP contribution >= 0.6 is 0 Å². The van der Waals surface area contributed by atoms with Crippen molar-refractivity contribution in [3.8, 4) is 0 Å². The quantitative estimate of drug-likeness (QED) is 0.193. The first-order valence-corrected chi connectivity index (χ1v) is 14.2. The number of rotatable bonds is 17. The molecule has 2 aliphatic rings. The molecule has 2 rings (SSSR count). The molecule has 0 saturated carbocycles. The molecule has 0 radical (unpaired) electrons. The Balaban J connectivity index is 1.26. The van der Waals surface area contributed by atoms with Gasteiger partial charge in [-0.15, -0.1) is 0 Å². The van der Waals surface area contributed by atoms with Gasteiger partial charge in [-0.25, -0.2) is 0 Å². The minimum Gasteiger partial charge on any atom is -0.372 e. The number of hydrogen-bond acceptors (Lipinski definition) is 2. The summed E-state index contributed by atoms with van der Waals surface area (Å²) in [6.45, 7) is 6.99. The lowest BCUT2D eigenvalue weighted by atomic mass is 10.0. The Kier molecular flexibility index (Phi) is 13.8. The predicted molar refractivity (Wildman–Crippen MR) is 137 cm³/mol. The van der Waals surface area contributed by atoms with Gasteiger partial charge in [0.05, 0.1) is 41.3 Å². The van der Waals surface area contributed by atoms with Crippen molar-refractivity contribution in [3.63, 3.8) is 0 Å². The average molecular weight is 455 g/mol. The van der Waals surface area contributed by atoms with Crippen LogP contribution < -0.4 is 0 Å². The topological polar surface area (TPSA) is 18.5 Å². The van der Waals surface area contributed by atoms with Gasteiger partial charge < -0.3 is 18.4 Å². The third-order valence-corrected chi connectivity index (χ3v) is 7.72. The van der Waals surface area contributed by atoms with Crippen molar-refractivity contribution in [1.82, 2.24) is 0 Å². The fourth-order valence-corrected chi connectivity index (χ4v) is 5.71. The summed E-state index contributed by atoms with van der Waals surface area (Å²) in [4.78, 5) is 0. The molecule has 2 fully saturated rings. The highest BCUT2D eigenvalue weighted by Crippen LogP contribution is 2.19. The molecule has 0 aliphatic carbocycles. The molecule has 2 heterocycles. The molecule has 0 bridgehead atoms. The van der Waals surface area contributed by atoms with E-state index in [1.165, 1.54) is 129 Å². The zero-order valence-corrected chi connectivity index (χ0v) is 22.4. The van der Waals surface area contributed by atoms with Crippen LogP contribution in [0, 0.1) is 0 Å². The normalized spacial score (nSPS) is 25.1. The number of piperidine rings is 2. The van der Waals surface area contributed by atoms with Crippen LogP contribution in [0.5, 0.6) is 0 Å². The smallest absolute Gasteiger partial charge is 0.107 e. The van der Waals surface area contributed by atoms with Crippen LogP contribution in [0.25, 0.3) is 0 Å².